The maximum Gasteiger partial charge on any atom is 0.253 e. The van der Waals surface area contributed by atoms with Gasteiger partial charge in [-0.3, -0.25) is 14.6 Å². The number of halogens is 1. The van der Waals surface area contributed by atoms with Crippen LogP contribution in [0.15, 0.2) is 42.7 Å². The summed E-state index contributed by atoms with van der Waals surface area (Å²) in [6, 6.07) is 9.45. The molecule has 2 saturated carbocycles. The lowest BCUT2D eigenvalue weighted by Crippen LogP contribution is -2.48. The van der Waals surface area contributed by atoms with Crippen molar-refractivity contribution in [1.29, 1.82) is 0 Å². The molecule has 5 nitrogen and oxygen atoms in total. The normalized spacial score (nSPS) is 21.9. The second-order valence-corrected chi connectivity index (χ2v) is 8.67. The standard InChI is InChI=1S/C23H28ClN3O2/c1-27(15-16-6-7-16)29-22-5-3-2-4-21(22)26-23(28)19-12-18(13-25-14-19)17-8-10-20(24)11-9-17/h8-14,16,21-22H,2-7,15H2,1H3,(H,26,28)/t21-,22-/m1/s1. The van der Waals surface area contributed by atoms with E-state index in [0.717, 1.165) is 49.3 Å². The fourth-order valence-electron chi connectivity index (χ4n) is 3.94. The van der Waals surface area contributed by atoms with Crippen LogP contribution in [0, 0.1) is 5.92 Å². The van der Waals surface area contributed by atoms with Gasteiger partial charge in [0.05, 0.1) is 17.7 Å². The molecule has 4 rings (SSSR count). The van der Waals surface area contributed by atoms with Gasteiger partial charge in [0.1, 0.15) is 0 Å². The minimum Gasteiger partial charge on any atom is -0.347 e. The van der Waals surface area contributed by atoms with Gasteiger partial charge in [0.15, 0.2) is 0 Å². The molecule has 2 aliphatic carbocycles. The van der Waals surface area contributed by atoms with E-state index in [-0.39, 0.29) is 18.1 Å². The second kappa shape index (κ2) is 9.24. The van der Waals surface area contributed by atoms with Crippen LogP contribution < -0.4 is 5.32 Å². The molecule has 0 aliphatic heterocycles. The van der Waals surface area contributed by atoms with Gasteiger partial charge in [-0.05, 0) is 55.4 Å². The van der Waals surface area contributed by atoms with Crippen molar-refractivity contribution in [3.8, 4) is 11.1 Å². The highest BCUT2D eigenvalue weighted by molar-refractivity contribution is 6.30. The van der Waals surface area contributed by atoms with Crippen LogP contribution in [-0.4, -0.2) is 41.7 Å². The monoisotopic (exact) mass is 413 g/mol. The zero-order chi connectivity index (χ0) is 20.2. The lowest BCUT2D eigenvalue weighted by molar-refractivity contribution is -0.197. The highest BCUT2D eigenvalue weighted by Crippen LogP contribution is 2.30. The third-order valence-electron chi connectivity index (χ3n) is 5.72. The first kappa shape index (κ1) is 20.3. The predicted molar refractivity (Wildman–Crippen MR) is 115 cm³/mol. The summed E-state index contributed by atoms with van der Waals surface area (Å²) < 4.78 is 0. The van der Waals surface area contributed by atoms with Gasteiger partial charge in [-0.1, -0.05) is 36.6 Å². The SMILES string of the molecule is CN(CC1CC1)O[C@@H]1CCCC[C@H]1NC(=O)c1cncc(-c2ccc(Cl)cc2)c1. The Morgan fingerprint density at radius 1 is 1.14 bits per heavy atom. The number of rotatable bonds is 7. The molecule has 6 heteroatoms. The summed E-state index contributed by atoms with van der Waals surface area (Å²) in [6.45, 7) is 0.976. The summed E-state index contributed by atoms with van der Waals surface area (Å²) in [6.07, 6.45) is 10.2. The van der Waals surface area contributed by atoms with Gasteiger partial charge in [0.25, 0.3) is 5.91 Å². The Hall–Kier alpha value is -1.95. The van der Waals surface area contributed by atoms with Crippen LogP contribution in [0.1, 0.15) is 48.9 Å². The van der Waals surface area contributed by atoms with E-state index in [1.807, 2.05) is 42.4 Å². The van der Waals surface area contributed by atoms with Crippen LogP contribution in [0.4, 0.5) is 0 Å². The third-order valence-corrected chi connectivity index (χ3v) is 5.98. The largest absolute Gasteiger partial charge is 0.347 e. The van der Waals surface area contributed by atoms with Gasteiger partial charge in [0.2, 0.25) is 0 Å². The molecule has 1 heterocycles. The quantitative estimate of drug-likeness (QED) is 0.667. The first-order valence-corrected chi connectivity index (χ1v) is 10.9. The van der Waals surface area contributed by atoms with Crippen LogP contribution in [0.25, 0.3) is 11.1 Å². The molecule has 29 heavy (non-hydrogen) atoms. The molecule has 1 aromatic heterocycles. The highest BCUT2D eigenvalue weighted by atomic mass is 35.5. The lowest BCUT2D eigenvalue weighted by atomic mass is 9.92. The Morgan fingerprint density at radius 2 is 1.90 bits per heavy atom. The first-order chi connectivity index (χ1) is 14.1. The summed E-state index contributed by atoms with van der Waals surface area (Å²) in [4.78, 5) is 23.4. The number of pyridine rings is 1. The average molecular weight is 414 g/mol. The van der Waals surface area contributed by atoms with Gasteiger partial charge in [0, 0.05) is 36.6 Å². The third kappa shape index (κ3) is 5.56. The Bertz CT molecular complexity index is 838. The first-order valence-electron chi connectivity index (χ1n) is 10.5. The molecular formula is C23H28ClN3O2. The molecular weight excluding hydrogens is 386 g/mol. The molecule has 0 bridgehead atoms. The van der Waals surface area contributed by atoms with E-state index in [0.29, 0.717) is 10.6 Å². The molecule has 2 aromatic rings. The van der Waals surface area contributed by atoms with Gasteiger partial charge in [-0.15, -0.1) is 0 Å². The number of benzene rings is 1. The molecule has 2 fully saturated rings. The number of nitrogens with zero attached hydrogens (tertiary/aromatic N) is 2. The van der Waals surface area contributed by atoms with Gasteiger partial charge >= 0.3 is 0 Å². The van der Waals surface area contributed by atoms with E-state index in [1.54, 1.807) is 12.4 Å². The highest BCUT2D eigenvalue weighted by Gasteiger charge is 2.31. The van der Waals surface area contributed by atoms with Crippen molar-refractivity contribution in [2.45, 2.75) is 50.7 Å². The van der Waals surface area contributed by atoms with Crippen molar-refractivity contribution < 1.29 is 9.63 Å². The lowest BCUT2D eigenvalue weighted by Gasteiger charge is -2.34. The van der Waals surface area contributed by atoms with E-state index in [1.165, 1.54) is 12.8 Å². The molecule has 1 aromatic carbocycles. The Kier molecular flexibility index (Phi) is 6.48. The summed E-state index contributed by atoms with van der Waals surface area (Å²) in [5, 5.41) is 5.85. The molecule has 0 spiro atoms. The molecule has 1 amide bonds. The molecule has 0 unspecified atom stereocenters. The van der Waals surface area contributed by atoms with Crippen LogP contribution in [0.5, 0.6) is 0 Å². The molecule has 0 radical (unpaired) electrons. The van der Waals surface area contributed by atoms with Crippen molar-refractivity contribution in [3.05, 3.63) is 53.3 Å². The van der Waals surface area contributed by atoms with Crippen LogP contribution in [0.2, 0.25) is 5.02 Å². The van der Waals surface area contributed by atoms with Crippen molar-refractivity contribution >= 4 is 17.5 Å². The second-order valence-electron chi connectivity index (χ2n) is 8.23. The number of carbonyl (C=O) groups is 1. The average Bonchev–Trinajstić information content (AvgIpc) is 3.54. The molecule has 0 saturated heterocycles. The van der Waals surface area contributed by atoms with Crippen LogP contribution >= 0.6 is 11.6 Å². The van der Waals surface area contributed by atoms with E-state index in [2.05, 4.69) is 10.3 Å². The van der Waals surface area contributed by atoms with Crippen LogP contribution in [-0.2, 0) is 4.84 Å². The van der Waals surface area contributed by atoms with E-state index < -0.39 is 0 Å². The summed E-state index contributed by atoms with van der Waals surface area (Å²) in [5.41, 5.74) is 2.44. The topological polar surface area (TPSA) is 54.5 Å². The fourth-order valence-corrected chi connectivity index (χ4v) is 4.07. The number of hydroxylamine groups is 2. The minimum atomic E-state index is -0.0985. The van der Waals surface area contributed by atoms with Crippen molar-refractivity contribution in [3.63, 3.8) is 0 Å². The van der Waals surface area contributed by atoms with Gasteiger partial charge in [-0.25, -0.2) is 0 Å². The van der Waals surface area contributed by atoms with Crippen molar-refractivity contribution in [2.24, 2.45) is 5.92 Å². The van der Waals surface area contributed by atoms with Crippen LogP contribution in [0.3, 0.4) is 0 Å². The zero-order valence-corrected chi connectivity index (χ0v) is 17.6. The number of hydrogen-bond donors (Lipinski definition) is 1. The maximum absolute atomic E-state index is 12.9. The number of nitrogens with one attached hydrogen (secondary N) is 1. The Labute approximate surface area is 177 Å². The number of carbonyl (C=O) groups excluding carboxylic acids is 1. The summed E-state index contributed by atoms with van der Waals surface area (Å²) in [5.74, 6) is 0.678. The van der Waals surface area contributed by atoms with E-state index in [4.69, 9.17) is 16.4 Å². The van der Waals surface area contributed by atoms with Gasteiger partial charge in [-0.2, -0.15) is 5.06 Å². The summed E-state index contributed by atoms with van der Waals surface area (Å²) in [7, 11) is 2.01. The fraction of sp³-hybridized carbons (Fsp3) is 0.478. The smallest absolute Gasteiger partial charge is 0.253 e. The van der Waals surface area contributed by atoms with E-state index >= 15 is 0 Å². The van der Waals surface area contributed by atoms with Crippen molar-refractivity contribution in [2.75, 3.05) is 13.6 Å². The predicted octanol–water partition coefficient (Wildman–Crippen LogP) is 4.72. The van der Waals surface area contributed by atoms with Crippen molar-refractivity contribution in [1.82, 2.24) is 15.4 Å². The zero-order valence-electron chi connectivity index (χ0n) is 16.8. The minimum absolute atomic E-state index is 0.0251. The molecule has 1 N–H and O–H groups in total. The summed E-state index contributed by atoms with van der Waals surface area (Å²) >= 11 is 5.98. The number of aromatic nitrogens is 1. The van der Waals surface area contributed by atoms with E-state index in [9.17, 15) is 4.79 Å². The molecule has 2 aliphatic rings. The Balaban J connectivity index is 1.41. The Morgan fingerprint density at radius 3 is 2.66 bits per heavy atom. The number of hydrogen-bond acceptors (Lipinski definition) is 4. The maximum atomic E-state index is 12.9. The number of amides is 1. The molecule has 154 valence electrons. The molecule has 2 atom stereocenters. The van der Waals surface area contributed by atoms with Gasteiger partial charge < -0.3 is 5.32 Å².